The Hall–Kier alpha value is -4.40. The second-order valence-corrected chi connectivity index (χ2v) is 8.91. The molecule has 36 heavy (non-hydrogen) atoms. The normalized spacial score (nSPS) is 13.8. The molecule has 3 heterocycles. The zero-order valence-electron chi connectivity index (χ0n) is 19.7. The Balaban J connectivity index is 1.47. The van der Waals surface area contributed by atoms with Crippen molar-refractivity contribution in [1.29, 1.82) is 0 Å². The van der Waals surface area contributed by atoms with Crippen molar-refractivity contribution in [1.82, 2.24) is 14.3 Å². The summed E-state index contributed by atoms with van der Waals surface area (Å²) in [6.07, 6.45) is 1.29. The van der Waals surface area contributed by atoms with Crippen LogP contribution in [-0.4, -0.2) is 33.4 Å². The third kappa shape index (κ3) is 3.73. The van der Waals surface area contributed by atoms with Gasteiger partial charge in [0.2, 0.25) is 0 Å². The number of benzene rings is 3. The highest BCUT2D eigenvalue weighted by atomic mass is 19.3. The summed E-state index contributed by atoms with van der Waals surface area (Å²) in [6.45, 7) is -0.376. The van der Waals surface area contributed by atoms with Gasteiger partial charge < -0.3 is 9.30 Å². The maximum absolute atomic E-state index is 14.0. The molecule has 0 unspecified atom stereocenters. The molecule has 2 amide bonds. The molecule has 2 aromatic heterocycles. The minimum Gasteiger partial charge on any atom is -0.488 e. The first-order chi connectivity index (χ1) is 17.4. The first-order valence-electron chi connectivity index (χ1n) is 11.5. The van der Waals surface area contributed by atoms with Crippen LogP contribution in [0.25, 0.3) is 21.8 Å². The van der Waals surface area contributed by atoms with Crippen molar-refractivity contribution in [2.75, 3.05) is 16.4 Å². The van der Waals surface area contributed by atoms with E-state index in [9.17, 15) is 13.6 Å². The summed E-state index contributed by atoms with van der Waals surface area (Å²) in [4.78, 5) is 17.3. The number of urea groups is 1. The standard InChI is InChI=1S/C27H23F2N5O2/c1-31-10-9-17-11-21(5-8-24(17)31)34-25-13-22(36-16-26(28)29)6-3-18(25)15-33(27(34)35)20-4-7-23-19(12-20)14-32(2)30-23/h3-14,26H,15-16H2,1-2H3. The van der Waals surface area contributed by atoms with Crippen LogP contribution in [0.2, 0.25) is 0 Å². The molecule has 0 atom stereocenters. The molecular formula is C27H23F2N5O2. The van der Waals surface area contributed by atoms with Crippen molar-refractivity contribution >= 4 is 44.9 Å². The Bertz CT molecular complexity index is 1620. The molecule has 7 nitrogen and oxygen atoms in total. The van der Waals surface area contributed by atoms with Gasteiger partial charge in [0, 0.05) is 54.5 Å². The Labute approximate surface area is 205 Å². The minimum atomic E-state index is -2.59. The fourth-order valence-electron chi connectivity index (χ4n) is 4.76. The fourth-order valence-corrected chi connectivity index (χ4v) is 4.76. The Morgan fingerprint density at radius 3 is 2.61 bits per heavy atom. The molecule has 3 aromatic carbocycles. The van der Waals surface area contributed by atoms with E-state index in [1.165, 1.54) is 0 Å². The molecule has 9 heteroatoms. The van der Waals surface area contributed by atoms with Crippen molar-refractivity contribution in [3.8, 4) is 5.75 Å². The number of fused-ring (bicyclic) bond motifs is 3. The van der Waals surface area contributed by atoms with Crippen molar-refractivity contribution in [2.24, 2.45) is 14.1 Å². The highest BCUT2D eigenvalue weighted by molar-refractivity contribution is 6.12. The van der Waals surface area contributed by atoms with Crippen LogP contribution in [0.15, 0.2) is 73.1 Å². The van der Waals surface area contributed by atoms with E-state index in [0.29, 0.717) is 17.9 Å². The predicted molar refractivity (Wildman–Crippen MR) is 135 cm³/mol. The van der Waals surface area contributed by atoms with Gasteiger partial charge in [-0.1, -0.05) is 6.07 Å². The van der Waals surface area contributed by atoms with Gasteiger partial charge in [-0.15, -0.1) is 0 Å². The number of ether oxygens (including phenoxy) is 1. The molecule has 1 aliphatic heterocycles. The van der Waals surface area contributed by atoms with Crippen LogP contribution in [0.3, 0.4) is 0 Å². The number of aryl methyl sites for hydroxylation is 2. The quantitative estimate of drug-likeness (QED) is 0.306. The van der Waals surface area contributed by atoms with E-state index in [0.717, 1.165) is 33.1 Å². The Morgan fingerprint density at radius 2 is 1.78 bits per heavy atom. The number of hydrogen-bond acceptors (Lipinski definition) is 3. The van der Waals surface area contributed by atoms with Gasteiger partial charge in [0.25, 0.3) is 6.43 Å². The molecule has 0 saturated carbocycles. The van der Waals surface area contributed by atoms with Crippen molar-refractivity contribution in [2.45, 2.75) is 13.0 Å². The van der Waals surface area contributed by atoms with Gasteiger partial charge in [-0.05, 0) is 54.1 Å². The summed E-state index contributed by atoms with van der Waals surface area (Å²) in [6, 6.07) is 18.4. The van der Waals surface area contributed by atoms with E-state index in [1.807, 2.05) is 79.6 Å². The van der Waals surface area contributed by atoms with Gasteiger partial charge in [0.1, 0.15) is 12.4 Å². The molecule has 6 rings (SSSR count). The van der Waals surface area contributed by atoms with Crippen LogP contribution in [0.5, 0.6) is 5.75 Å². The number of hydrogen-bond donors (Lipinski definition) is 0. The van der Waals surface area contributed by atoms with Crippen molar-refractivity contribution < 1.29 is 18.3 Å². The average Bonchev–Trinajstić information content (AvgIpc) is 3.42. The van der Waals surface area contributed by atoms with E-state index < -0.39 is 13.0 Å². The smallest absolute Gasteiger partial charge is 0.333 e. The highest BCUT2D eigenvalue weighted by Crippen LogP contribution is 2.40. The lowest BCUT2D eigenvalue weighted by molar-refractivity contribution is 0.0819. The summed E-state index contributed by atoms with van der Waals surface area (Å²) < 4.78 is 34.5. The van der Waals surface area contributed by atoms with Crippen LogP contribution in [0.1, 0.15) is 5.56 Å². The summed E-state index contributed by atoms with van der Waals surface area (Å²) in [5.41, 5.74) is 4.79. The van der Waals surface area contributed by atoms with E-state index in [1.54, 1.807) is 26.6 Å². The highest BCUT2D eigenvalue weighted by Gasteiger charge is 2.33. The third-order valence-electron chi connectivity index (χ3n) is 6.47. The fraction of sp³-hybridized carbons (Fsp3) is 0.185. The SMILES string of the molecule is Cn1cc2cc(N3Cc4ccc(OCC(F)F)cc4N(c4ccc5c(ccn5C)c4)C3=O)ccc2n1. The molecule has 0 saturated heterocycles. The second-order valence-electron chi connectivity index (χ2n) is 8.91. The summed E-state index contributed by atoms with van der Waals surface area (Å²) in [7, 11) is 3.82. The molecule has 0 bridgehead atoms. The van der Waals surface area contributed by atoms with Gasteiger partial charge in [-0.2, -0.15) is 5.10 Å². The number of carbonyl (C=O) groups excluding carboxylic acids is 1. The van der Waals surface area contributed by atoms with Gasteiger partial charge in [0.05, 0.1) is 23.4 Å². The Morgan fingerprint density at radius 1 is 0.972 bits per heavy atom. The van der Waals surface area contributed by atoms with E-state index in [4.69, 9.17) is 4.74 Å². The topological polar surface area (TPSA) is 55.5 Å². The number of alkyl halides is 2. The molecule has 182 valence electrons. The third-order valence-corrected chi connectivity index (χ3v) is 6.47. The lowest BCUT2D eigenvalue weighted by Gasteiger charge is -2.37. The first kappa shape index (κ1) is 22.1. The lowest BCUT2D eigenvalue weighted by atomic mass is 10.1. The molecule has 0 spiro atoms. The second kappa shape index (κ2) is 8.37. The van der Waals surface area contributed by atoms with Crippen LogP contribution in [-0.2, 0) is 20.6 Å². The predicted octanol–water partition coefficient (Wildman–Crippen LogP) is 5.99. The monoisotopic (exact) mass is 487 g/mol. The van der Waals surface area contributed by atoms with Crippen molar-refractivity contribution in [3.63, 3.8) is 0 Å². The number of aromatic nitrogens is 3. The first-order valence-corrected chi connectivity index (χ1v) is 11.5. The molecule has 1 aliphatic rings. The number of carbonyl (C=O) groups is 1. The van der Waals surface area contributed by atoms with Crippen LogP contribution < -0.4 is 14.5 Å². The van der Waals surface area contributed by atoms with Crippen LogP contribution in [0.4, 0.5) is 30.6 Å². The number of anilines is 3. The van der Waals surface area contributed by atoms with Crippen molar-refractivity contribution in [3.05, 3.63) is 78.6 Å². The molecule has 0 N–H and O–H groups in total. The number of amides is 2. The maximum atomic E-state index is 14.0. The van der Waals surface area contributed by atoms with Gasteiger partial charge in [0.15, 0.2) is 0 Å². The lowest BCUT2D eigenvalue weighted by Crippen LogP contribution is -2.45. The molecule has 0 radical (unpaired) electrons. The zero-order valence-corrected chi connectivity index (χ0v) is 19.7. The largest absolute Gasteiger partial charge is 0.488 e. The minimum absolute atomic E-state index is 0.243. The van der Waals surface area contributed by atoms with Gasteiger partial charge in [-0.3, -0.25) is 14.5 Å². The van der Waals surface area contributed by atoms with Crippen LogP contribution in [0, 0.1) is 0 Å². The zero-order chi connectivity index (χ0) is 25.0. The van der Waals surface area contributed by atoms with Gasteiger partial charge >= 0.3 is 6.03 Å². The molecule has 0 aliphatic carbocycles. The number of halogens is 2. The van der Waals surface area contributed by atoms with Gasteiger partial charge in [-0.25, -0.2) is 13.6 Å². The molecule has 5 aromatic rings. The van der Waals surface area contributed by atoms with E-state index in [-0.39, 0.29) is 11.8 Å². The van der Waals surface area contributed by atoms with Crippen LogP contribution >= 0.6 is 0 Å². The maximum Gasteiger partial charge on any atom is 0.333 e. The van der Waals surface area contributed by atoms with E-state index in [2.05, 4.69) is 5.10 Å². The summed E-state index contributed by atoms with van der Waals surface area (Å²) in [5, 5.41) is 6.34. The average molecular weight is 488 g/mol. The summed E-state index contributed by atoms with van der Waals surface area (Å²) in [5.74, 6) is 0.290. The summed E-state index contributed by atoms with van der Waals surface area (Å²) >= 11 is 0. The molecule has 0 fully saturated rings. The number of nitrogens with zero attached hydrogens (tertiary/aromatic N) is 5. The number of rotatable bonds is 5. The van der Waals surface area contributed by atoms with E-state index >= 15 is 0 Å². The Kier molecular flexibility index (Phi) is 5.13. The molecular weight excluding hydrogens is 464 g/mol.